The van der Waals surface area contributed by atoms with Crippen LogP contribution in [0.25, 0.3) is 16.8 Å². The molecule has 0 unspecified atom stereocenters. The van der Waals surface area contributed by atoms with Crippen LogP contribution >= 0.6 is 11.8 Å². The van der Waals surface area contributed by atoms with Crippen molar-refractivity contribution in [3.05, 3.63) is 88.6 Å². The minimum Gasteiger partial charge on any atom is -0.268 e. The Morgan fingerprint density at radius 1 is 0.923 bits per heavy atom. The number of hydrogen-bond acceptors (Lipinski definition) is 3. The third-order valence-electron chi connectivity index (χ3n) is 4.24. The van der Waals surface area contributed by atoms with Gasteiger partial charge in [-0.3, -0.25) is 14.5 Å². The minimum absolute atomic E-state index is 0.137. The molecule has 1 saturated heterocycles. The number of hydrogen-bond donors (Lipinski definition) is 0. The molecule has 3 nitrogen and oxygen atoms in total. The molecule has 4 rings (SSSR count). The van der Waals surface area contributed by atoms with Gasteiger partial charge in [-0.2, -0.15) is 0 Å². The monoisotopic (exact) mass is 363 g/mol. The molecule has 1 aliphatic heterocycles. The zero-order valence-corrected chi connectivity index (χ0v) is 14.5. The van der Waals surface area contributed by atoms with E-state index in [-0.39, 0.29) is 23.5 Å². The summed E-state index contributed by atoms with van der Waals surface area (Å²) in [5, 5.41) is 1.79. The second-order valence-corrected chi connectivity index (χ2v) is 6.96. The molecule has 3 aromatic carbocycles. The maximum absolute atomic E-state index is 13.0. The highest BCUT2D eigenvalue weighted by Gasteiger charge is 2.35. The van der Waals surface area contributed by atoms with Crippen LogP contribution in [0.2, 0.25) is 0 Å². The largest absolute Gasteiger partial charge is 0.293 e. The van der Waals surface area contributed by atoms with Crippen molar-refractivity contribution in [1.29, 1.82) is 0 Å². The molecular formula is C21H14FNO2S. The van der Waals surface area contributed by atoms with Gasteiger partial charge in [0.05, 0.1) is 11.4 Å². The van der Waals surface area contributed by atoms with Gasteiger partial charge in [-0.1, -0.05) is 54.6 Å². The quantitative estimate of drug-likeness (QED) is 0.599. The number of imide groups is 1. The number of rotatable bonds is 3. The van der Waals surface area contributed by atoms with Gasteiger partial charge >= 0.3 is 0 Å². The standard InChI is InChI=1S/C21H14FNO2S/c22-17-10-8-14(9-11-17)13-23-20(24)19(26-21(23)25)12-16-6-3-5-15-4-1-2-7-18(15)16/h1-12H,13H2/b19-12+. The predicted molar refractivity (Wildman–Crippen MR) is 102 cm³/mol. The first-order chi connectivity index (χ1) is 12.6. The lowest BCUT2D eigenvalue weighted by atomic mass is 10.0. The van der Waals surface area contributed by atoms with Gasteiger partial charge in [0.1, 0.15) is 5.82 Å². The van der Waals surface area contributed by atoms with Crippen LogP contribution in [0, 0.1) is 5.82 Å². The third kappa shape index (κ3) is 3.13. The van der Waals surface area contributed by atoms with E-state index in [1.54, 1.807) is 18.2 Å². The van der Waals surface area contributed by atoms with E-state index in [4.69, 9.17) is 0 Å². The number of fused-ring (bicyclic) bond motifs is 1. The van der Waals surface area contributed by atoms with Gasteiger partial charge in [0.15, 0.2) is 0 Å². The van der Waals surface area contributed by atoms with E-state index in [9.17, 15) is 14.0 Å². The van der Waals surface area contributed by atoms with Gasteiger partial charge in [0.2, 0.25) is 0 Å². The molecular weight excluding hydrogens is 349 g/mol. The molecule has 1 aliphatic rings. The van der Waals surface area contributed by atoms with Gasteiger partial charge in [0, 0.05) is 0 Å². The smallest absolute Gasteiger partial charge is 0.268 e. The third-order valence-corrected chi connectivity index (χ3v) is 5.14. The molecule has 128 valence electrons. The number of carbonyl (C=O) groups excluding carboxylic acids is 2. The summed E-state index contributed by atoms with van der Waals surface area (Å²) in [6.07, 6.45) is 1.76. The summed E-state index contributed by atoms with van der Waals surface area (Å²) in [4.78, 5) is 26.5. The summed E-state index contributed by atoms with van der Waals surface area (Å²) in [6, 6.07) is 19.6. The van der Waals surface area contributed by atoms with Crippen molar-refractivity contribution in [3.8, 4) is 0 Å². The SMILES string of the molecule is O=C1S/C(=C/c2cccc3ccccc23)C(=O)N1Cc1ccc(F)cc1. The van der Waals surface area contributed by atoms with Crippen LogP contribution in [0.4, 0.5) is 9.18 Å². The fourth-order valence-corrected chi connectivity index (χ4v) is 3.76. The number of carbonyl (C=O) groups is 2. The molecule has 0 N–H and O–H groups in total. The van der Waals surface area contributed by atoms with Gasteiger partial charge < -0.3 is 0 Å². The van der Waals surface area contributed by atoms with Gasteiger partial charge in [-0.15, -0.1) is 0 Å². The Labute approximate surface area is 154 Å². The molecule has 0 spiro atoms. The Bertz CT molecular complexity index is 1040. The van der Waals surface area contributed by atoms with E-state index >= 15 is 0 Å². The summed E-state index contributed by atoms with van der Waals surface area (Å²) >= 11 is 0.932. The van der Waals surface area contributed by atoms with Crippen molar-refractivity contribution in [2.45, 2.75) is 6.54 Å². The molecule has 0 bridgehead atoms. The zero-order valence-electron chi connectivity index (χ0n) is 13.7. The number of benzene rings is 3. The first-order valence-electron chi connectivity index (χ1n) is 8.09. The molecule has 0 radical (unpaired) electrons. The molecule has 26 heavy (non-hydrogen) atoms. The van der Waals surface area contributed by atoms with Gasteiger partial charge in [-0.05, 0) is 51.9 Å². The lowest BCUT2D eigenvalue weighted by Crippen LogP contribution is -2.27. The van der Waals surface area contributed by atoms with Crippen molar-refractivity contribution in [3.63, 3.8) is 0 Å². The summed E-state index contributed by atoms with van der Waals surface area (Å²) in [5.41, 5.74) is 1.61. The average Bonchev–Trinajstić information content (AvgIpc) is 2.91. The number of thioether (sulfide) groups is 1. The lowest BCUT2D eigenvalue weighted by molar-refractivity contribution is -0.123. The highest BCUT2D eigenvalue weighted by atomic mass is 32.2. The van der Waals surface area contributed by atoms with E-state index < -0.39 is 0 Å². The van der Waals surface area contributed by atoms with Gasteiger partial charge in [0.25, 0.3) is 11.1 Å². The normalized spacial score (nSPS) is 16.0. The zero-order chi connectivity index (χ0) is 18.1. The van der Waals surface area contributed by atoms with E-state index in [0.29, 0.717) is 10.5 Å². The van der Waals surface area contributed by atoms with E-state index in [0.717, 1.165) is 28.1 Å². The highest BCUT2D eigenvalue weighted by molar-refractivity contribution is 8.18. The maximum atomic E-state index is 13.0. The summed E-state index contributed by atoms with van der Waals surface area (Å²) in [5.74, 6) is -0.670. The maximum Gasteiger partial charge on any atom is 0.293 e. The summed E-state index contributed by atoms with van der Waals surface area (Å²) in [6.45, 7) is 0.137. The van der Waals surface area contributed by atoms with Crippen LogP contribution in [0.15, 0.2) is 71.6 Å². The minimum atomic E-state index is -0.348. The Balaban J connectivity index is 1.64. The number of nitrogens with zero attached hydrogens (tertiary/aromatic N) is 1. The second kappa shape index (κ2) is 6.77. The van der Waals surface area contributed by atoms with Crippen molar-refractivity contribution in [1.82, 2.24) is 4.90 Å². The molecule has 5 heteroatoms. The Morgan fingerprint density at radius 3 is 2.46 bits per heavy atom. The first kappa shape index (κ1) is 16.5. The molecule has 3 aromatic rings. The Hall–Kier alpha value is -2.92. The summed E-state index contributed by atoms with van der Waals surface area (Å²) in [7, 11) is 0. The molecule has 0 aliphatic carbocycles. The van der Waals surface area contributed by atoms with Crippen LogP contribution in [0.1, 0.15) is 11.1 Å². The summed E-state index contributed by atoms with van der Waals surface area (Å²) < 4.78 is 13.0. The Kier molecular flexibility index (Phi) is 4.31. The predicted octanol–water partition coefficient (Wildman–Crippen LogP) is 5.22. The molecule has 1 fully saturated rings. The van der Waals surface area contributed by atoms with Gasteiger partial charge in [-0.25, -0.2) is 4.39 Å². The van der Waals surface area contributed by atoms with E-state index in [2.05, 4.69) is 0 Å². The van der Waals surface area contributed by atoms with Crippen molar-refractivity contribution >= 4 is 39.8 Å². The molecule has 0 aromatic heterocycles. The highest BCUT2D eigenvalue weighted by Crippen LogP contribution is 2.34. The van der Waals surface area contributed by atoms with Crippen molar-refractivity contribution in [2.75, 3.05) is 0 Å². The van der Waals surface area contributed by atoms with Crippen LogP contribution in [0.3, 0.4) is 0 Å². The first-order valence-corrected chi connectivity index (χ1v) is 8.91. The fraction of sp³-hybridized carbons (Fsp3) is 0.0476. The number of halogens is 1. The Morgan fingerprint density at radius 2 is 1.65 bits per heavy atom. The van der Waals surface area contributed by atoms with Crippen molar-refractivity contribution < 1.29 is 14.0 Å². The van der Waals surface area contributed by atoms with Crippen molar-refractivity contribution in [2.24, 2.45) is 0 Å². The molecule has 2 amide bonds. The molecule has 0 atom stereocenters. The number of amides is 2. The fourth-order valence-electron chi connectivity index (χ4n) is 2.93. The van der Waals surface area contributed by atoms with Crippen LogP contribution in [-0.4, -0.2) is 16.0 Å². The molecule has 1 heterocycles. The average molecular weight is 363 g/mol. The lowest BCUT2D eigenvalue weighted by Gasteiger charge is -2.12. The molecule has 0 saturated carbocycles. The second-order valence-electron chi connectivity index (χ2n) is 5.96. The van der Waals surface area contributed by atoms with Crippen LogP contribution < -0.4 is 0 Å². The van der Waals surface area contributed by atoms with E-state index in [1.165, 1.54) is 17.0 Å². The van der Waals surface area contributed by atoms with Crippen LogP contribution in [0.5, 0.6) is 0 Å². The van der Waals surface area contributed by atoms with Crippen LogP contribution in [-0.2, 0) is 11.3 Å². The topological polar surface area (TPSA) is 37.4 Å². The van der Waals surface area contributed by atoms with E-state index in [1.807, 2.05) is 42.5 Å².